The highest BCUT2D eigenvalue weighted by molar-refractivity contribution is 5.76. The quantitative estimate of drug-likeness (QED) is 0.799. The van der Waals surface area contributed by atoms with E-state index in [1.165, 1.54) is 5.56 Å². The molecule has 0 aliphatic rings. The first-order valence-corrected chi connectivity index (χ1v) is 8.18. The number of amides is 1. The van der Waals surface area contributed by atoms with Crippen molar-refractivity contribution in [3.63, 3.8) is 0 Å². The van der Waals surface area contributed by atoms with Gasteiger partial charge in [-0.2, -0.15) is 0 Å². The highest BCUT2D eigenvalue weighted by atomic mass is 16.5. The van der Waals surface area contributed by atoms with Crippen LogP contribution in [0.4, 0.5) is 0 Å². The summed E-state index contributed by atoms with van der Waals surface area (Å²) in [6.45, 7) is 2.46. The molecule has 1 N–H and O–H groups in total. The molecule has 0 fully saturated rings. The van der Waals surface area contributed by atoms with E-state index in [1.807, 2.05) is 19.1 Å². The van der Waals surface area contributed by atoms with Gasteiger partial charge in [0, 0.05) is 13.0 Å². The number of rotatable bonds is 8. The van der Waals surface area contributed by atoms with Crippen LogP contribution in [0.2, 0.25) is 0 Å². The third-order valence-electron chi connectivity index (χ3n) is 3.98. The van der Waals surface area contributed by atoms with Crippen LogP contribution in [0.1, 0.15) is 23.1 Å². The van der Waals surface area contributed by atoms with Crippen molar-refractivity contribution in [3.8, 4) is 17.2 Å². The van der Waals surface area contributed by atoms with Crippen LogP contribution in [-0.4, -0.2) is 27.2 Å². The van der Waals surface area contributed by atoms with Crippen molar-refractivity contribution >= 4 is 5.91 Å². The van der Waals surface area contributed by atoms with Crippen molar-refractivity contribution in [2.45, 2.75) is 26.3 Å². The van der Waals surface area contributed by atoms with E-state index in [0.717, 1.165) is 17.5 Å². The second-order valence-corrected chi connectivity index (χ2v) is 5.80. The maximum absolute atomic E-state index is 12.1. The van der Waals surface area contributed by atoms with Crippen LogP contribution in [0.15, 0.2) is 36.4 Å². The van der Waals surface area contributed by atoms with Gasteiger partial charge in [-0.3, -0.25) is 4.79 Å². The van der Waals surface area contributed by atoms with Crippen LogP contribution < -0.4 is 19.5 Å². The molecular formula is C20H25NO4. The van der Waals surface area contributed by atoms with Crippen molar-refractivity contribution < 1.29 is 19.0 Å². The third-order valence-corrected chi connectivity index (χ3v) is 3.98. The maximum Gasteiger partial charge on any atom is 0.220 e. The Morgan fingerprint density at radius 3 is 2.04 bits per heavy atom. The van der Waals surface area contributed by atoms with E-state index < -0.39 is 0 Å². The van der Waals surface area contributed by atoms with Crippen LogP contribution in [0.5, 0.6) is 17.2 Å². The summed E-state index contributed by atoms with van der Waals surface area (Å²) in [4.78, 5) is 12.1. The van der Waals surface area contributed by atoms with E-state index in [9.17, 15) is 4.79 Å². The van der Waals surface area contributed by atoms with Crippen molar-refractivity contribution in [1.29, 1.82) is 0 Å². The SMILES string of the molecule is COc1cc(CNC(=O)CCc2ccc(C)cc2)cc(OC)c1OC. The predicted octanol–water partition coefficient (Wildman–Crippen LogP) is 3.27. The molecule has 0 saturated carbocycles. The monoisotopic (exact) mass is 343 g/mol. The molecule has 2 rings (SSSR count). The van der Waals surface area contributed by atoms with Gasteiger partial charge < -0.3 is 19.5 Å². The molecule has 0 unspecified atom stereocenters. The normalized spacial score (nSPS) is 10.2. The summed E-state index contributed by atoms with van der Waals surface area (Å²) < 4.78 is 15.9. The second-order valence-electron chi connectivity index (χ2n) is 5.80. The summed E-state index contributed by atoms with van der Waals surface area (Å²) >= 11 is 0. The summed E-state index contributed by atoms with van der Waals surface area (Å²) in [5.74, 6) is 1.70. The van der Waals surface area contributed by atoms with E-state index in [0.29, 0.717) is 30.2 Å². The highest BCUT2D eigenvalue weighted by Crippen LogP contribution is 2.38. The van der Waals surface area contributed by atoms with E-state index >= 15 is 0 Å². The maximum atomic E-state index is 12.1. The van der Waals surface area contributed by atoms with Crippen LogP contribution in [-0.2, 0) is 17.8 Å². The minimum atomic E-state index is 0.00864. The summed E-state index contributed by atoms with van der Waals surface area (Å²) in [6, 6.07) is 11.9. The Kier molecular flexibility index (Phi) is 6.69. The number of hydrogen-bond donors (Lipinski definition) is 1. The van der Waals surface area contributed by atoms with Crippen molar-refractivity contribution in [2.24, 2.45) is 0 Å². The molecule has 0 saturated heterocycles. The summed E-state index contributed by atoms with van der Waals surface area (Å²) in [5.41, 5.74) is 3.27. The summed E-state index contributed by atoms with van der Waals surface area (Å²) in [5, 5.41) is 2.93. The Labute approximate surface area is 148 Å². The summed E-state index contributed by atoms with van der Waals surface area (Å²) in [7, 11) is 4.70. The minimum Gasteiger partial charge on any atom is -0.493 e. The lowest BCUT2D eigenvalue weighted by atomic mass is 10.1. The molecular weight excluding hydrogens is 318 g/mol. The van der Waals surface area contributed by atoms with Gasteiger partial charge >= 0.3 is 0 Å². The molecule has 0 aliphatic heterocycles. The number of benzene rings is 2. The van der Waals surface area contributed by atoms with E-state index in [4.69, 9.17) is 14.2 Å². The number of methoxy groups -OCH3 is 3. The molecule has 2 aromatic carbocycles. The van der Waals surface area contributed by atoms with E-state index in [-0.39, 0.29) is 5.91 Å². The lowest BCUT2D eigenvalue weighted by molar-refractivity contribution is -0.121. The molecule has 2 aromatic rings. The van der Waals surface area contributed by atoms with Crippen LogP contribution in [0.3, 0.4) is 0 Å². The van der Waals surface area contributed by atoms with Crippen molar-refractivity contribution in [3.05, 3.63) is 53.1 Å². The smallest absolute Gasteiger partial charge is 0.220 e. The molecule has 0 bridgehead atoms. The summed E-state index contributed by atoms with van der Waals surface area (Å²) in [6.07, 6.45) is 1.18. The second kappa shape index (κ2) is 8.97. The Balaban J connectivity index is 1.93. The zero-order valence-electron chi connectivity index (χ0n) is 15.2. The first-order chi connectivity index (χ1) is 12.1. The van der Waals surface area contributed by atoms with Crippen molar-refractivity contribution in [1.82, 2.24) is 5.32 Å². The van der Waals surface area contributed by atoms with Crippen LogP contribution in [0, 0.1) is 6.92 Å². The largest absolute Gasteiger partial charge is 0.493 e. The molecule has 0 radical (unpaired) electrons. The Morgan fingerprint density at radius 1 is 0.920 bits per heavy atom. The lowest BCUT2D eigenvalue weighted by Gasteiger charge is -2.14. The Bertz CT molecular complexity index is 685. The molecule has 0 aliphatic carbocycles. The molecule has 134 valence electrons. The topological polar surface area (TPSA) is 56.8 Å². The number of ether oxygens (including phenoxy) is 3. The number of nitrogens with one attached hydrogen (secondary N) is 1. The van der Waals surface area contributed by atoms with Crippen LogP contribution in [0.25, 0.3) is 0 Å². The van der Waals surface area contributed by atoms with Gasteiger partial charge in [0.05, 0.1) is 21.3 Å². The average molecular weight is 343 g/mol. The highest BCUT2D eigenvalue weighted by Gasteiger charge is 2.13. The van der Waals surface area contributed by atoms with Gasteiger partial charge in [-0.25, -0.2) is 0 Å². The molecule has 0 aromatic heterocycles. The zero-order valence-corrected chi connectivity index (χ0v) is 15.2. The molecule has 25 heavy (non-hydrogen) atoms. The third kappa shape index (κ3) is 5.14. The van der Waals surface area contributed by atoms with Gasteiger partial charge in [0.15, 0.2) is 11.5 Å². The first-order valence-electron chi connectivity index (χ1n) is 8.18. The molecule has 1 amide bonds. The molecule has 0 heterocycles. The van der Waals surface area contributed by atoms with Gasteiger partial charge in [-0.1, -0.05) is 29.8 Å². The zero-order chi connectivity index (χ0) is 18.2. The van der Waals surface area contributed by atoms with E-state index in [2.05, 4.69) is 29.6 Å². The van der Waals surface area contributed by atoms with Gasteiger partial charge in [0.25, 0.3) is 0 Å². The Hall–Kier alpha value is -2.69. The van der Waals surface area contributed by atoms with Gasteiger partial charge in [-0.05, 0) is 36.6 Å². The fraction of sp³-hybridized carbons (Fsp3) is 0.350. The molecule has 0 atom stereocenters. The molecule has 5 nitrogen and oxygen atoms in total. The standard InChI is InChI=1S/C20H25NO4/c1-14-5-7-15(8-6-14)9-10-19(22)21-13-16-11-17(23-2)20(25-4)18(12-16)24-3/h5-8,11-12H,9-10,13H2,1-4H3,(H,21,22). The van der Waals surface area contributed by atoms with Gasteiger partial charge in [0.1, 0.15) is 0 Å². The average Bonchev–Trinajstić information content (AvgIpc) is 2.64. The van der Waals surface area contributed by atoms with Crippen LogP contribution >= 0.6 is 0 Å². The Morgan fingerprint density at radius 2 is 1.52 bits per heavy atom. The molecule has 0 spiro atoms. The fourth-order valence-electron chi connectivity index (χ4n) is 2.54. The lowest BCUT2D eigenvalue weighted by Crippen LogP contribution is -2.23. The van der Waals surface area contributed by atoms with Gasteiger partial charge in [0.2, 0.25) is 11.7 Å². The molecule has 5 heteroatoms. The number of carbonyl (C=O) groups excluding carboxylic acids is 1. The fourth-order valence-corrected chi connectivity index (χ4v) is 2.54. The number of carbonyl (C=O) groups is 1. The first kappa shape index (κ1) is 18.6. The van der Waals surface area contributed by atoms with E-state index in [1.54, 1.807) is 21.3 Å². The van der Waals surface area contributed by atoms with Gasteiger partial charge in [-0.15, -0.1) is 0 Å². The number of aryl methyl sites for hydroxylation is 2. The minimum absolute atomic E-state index is 0.00864. The van der Waals surface area contributed by atoms with Crippen molar-refractivity contribution in [2.75, 3.05) is 21.3 Å². The number of hydrogen-bond acceptors (Lipinski definition) is 4. The predicted molar refractivity (Wildman–Crippen MR) is 97.4 cm³/mol.